The molecule has 0 spiro atoms. The number of pyridine rings is 2. The number of methoxy groups -OCH3 is 3. The second kappa shape index (κ2) is 11.7. The van der Waals surface area contributed by atoms with E-state index in [0.29, 0.717) is 34.5 Å². The van der Waals surface area contributed by atoms with Gasteiger partial charge >= 0.3 is 0 Å². The summed E-state index contributed by atoms with van der Waals surface area (Å²) in [5, 5.41) is 17.9. The van der Waals surface area contributed by atoms with Crippen molar-refractivity contribution in [3.05, 3.63) is 71.8 Å². The third-order valence-corrected chi connectivity index (χ3v) is 6.56. The van der Waals surface area contributed by atoms with Gasteiger partial charge in [0.25, 0.3) is 0 Å². The van der Waals surface area contributed by atoms with Crippen molar-refractivity contribution in [2.45, 2.75) is 25.2 Å². The van der Waals surface area contributed by atoms with E-state index in [2.05, 4.69) is 31.0 Å². The summed E-state index contributed by atoms with van der Waals surface area (Å²) >= 11 is 1.41. The number of para-hydroxylation sites is 1. The van der Waals surface area contributed by atoms with Crippen molar-refractivity contribution in [1.29, 1.82) is 5.26 Å². The molecule has 11 heteroatoms. The van der Waals surface area contributed by atoms with Crippen LogP contribution in [0.2, 0.25) is 0 Å². The van der Waals surface area contributed by atoms with Gasteiger partial charge in [-0.05, 0) is 61.7 Å². The standard InChI is InChI=1S/C26H27N7O3S/c1-16-11-19(15-28-13-16)25-30-31-26(33(25)23-21(34-3)7-6-8-22(23)35-4)32-37-17(2)24(36-5)20-10-9-18(12-27)14-29-20/h6-11,13-15,17,24H,1-5H3,(H,31,32)/t17-,24+/m1/s1. The minimum absolute atomic E-state index is 0.0840. The fourth-order valence-electron chi connectivity index (χ4n) is 3.88. The van der Waals surface area contributed by atoms with Crippen LogP contribution in [0.15, 0.2) is 55.0 Å². The van der Waals surface area contributed by atoms with Crippen molar-refractivity contribution in [1.82, 2.24) is 24.7 Å². The van der Waals surface area contributed by atoms with Gasteiger partial charge in [-0.25, -0.2) is 0 Å². The van der Waals surface area contributed by atoms with E-state index in [1.54, 1.807) is 52.1 Å². The lowest BCUT2D eigenvalue weighted by Crippen LogP contribution is -2.18. The molecule has 0 fully saturated rings. The van der Waals surface area contributed by atoms with Crippen LogP contribution >= 0.6 is 11.9 Å². The van der Waals surface area contributed by atoms with Gasteiger partial charge in [-0.15, -0.1) is 10.2 Å². The lowest BCUT2D eigenvalue weighted by atomic mass is 10.1. The maximum Gasteiger partial charge on any atom is 0.239 e. The second-order valence-electron chi connectivity index (χ2n) is 8.11. The quantitative estimate of drug-likeness (QED) is 0.295. The average Bonchev–Trinajstić information content (AvgIpc) is 3.35. The number of hydrogen-bond donors (Lipinski definition) is 1. The van der Waals surface area contributed by atoms with Gasteiger partial charge in [0.15, 0.2) is 5.82 Å². The molecule has 4 rings (SSSR count). The van der Waals surface area contributed by atoms with Crippen LogP contribution < -0.4 is 14.2 Å². The number of aromatic nitrogens is 5. The topological polar surface area (TPSA) is 120 Å². The normalized spacial score (nSPS) is 12.4. The Hall–Kier alpha value is -4.14. The van der Waals surface area contributed by atoms with Gasteiger partial charge in [0.1, 0.15) is 29.4 Å². The Bertz CT molecular complexity index is 1380. The summed E-state index contributed by atoms with van der Waals surface area (Å²) in [7, 11) is 4.84. The number of aryl methyl sites for hydroxylation is 1. The molecule has 0 saturated heterocycles. The van der Waals surface area contributed by atoms with Crippen molar-refractivity contribution < 1.29 is 14.2 Å². The molecule has 0 bridgehead atoms. The summed E-state index contributed by atoms with van der Waals surface area (Å²) in [6.07, 6.45) is 4.74. The molecule has 0 unspecified atom stereocenters. The van der Waals surface area contributed by atoms with Crippen LogP contribution in [0, 0.1) is 18.3 Å². The van der Waals surface area contributed by atoms with E-state index in [0.717, 1.165) is 16.8 Å². The van der Waals surface area contributed by atoms with Crippen LogP contribution in [0.25, 0.3) is 17.1 Å². The largest absolute Gasteiger partial charge is 0.494 e. The number of ether oxygens (including phenoxy) is 3. The molecule has 37 heavy (non-hydrogen) atoms. The average molecular weight is 518 g/mol. The van der Waals surface area contributed by atoms with Gasteiger partial charge in [-0.3, -0.25) is 19.3 Å². The Balaban J connectivity index is 1.72. The minimum atomic E-state index is -0.331. The second-order valence-corrected chi connectivity index (χ2v) is 9.29. The number of rotatable bonds is 10. The lowest BCUT2D eigenvalue weighted by Gasteiger charge is -2.22. The summed E-state index contributed by atoms with van der Waals surface area (Å²) in [5.74, 6) is 2.24. The van der Waals surface area contributed by atoms with Crippen molar-refractivity contribution in [2.75, 3.05) is 26.1 Å². The third kappa shape index (κ3) is 5.50. The first-order chi connectivity index (χ1) is 18.0. The molecular weight excluding hydrogens is 490 g/mol. The first kappa shape index (κ1) is 25.9. The monoisotopic (exact) mass is 517 g/mol. The highest BCUT2D eigenvalue weighted by atomic mass is 32.2. The molecule has 0 aliphatic heterocycles. The number of benzene rings is 1. The first-order valence-corrected chi connectivity index (χ1v) is 12.3. The fourth-order valence-corrected chi connectivity index (χ4v) is 4.68. The zero-order valence-electron chi connectivity index (χ0n) is 21.2. The van der Waals surface area contributed by atoms with E-state index < -0.39 is 0 Å². The minimum Gasteiger partial charge on any atom is -0.494 e. The summed E-state index contributed by atoms with van der Waals surface area (Å²) < 4.78 is 22.3. The van der Waals surface area contributed by atoms with Gasteiger partial charge in [0.05, 0.1) is 30.7 Å². The molecule has 1 aromatic carbocycles. The molecule has 0 saturated carbocycles. The molecule has 0 amide bonds. The van der Waals surface area contributed by atoms with Gasteiger partial charge in [-0.1, -0.05) is 6.07 Å². The van der Waals surface area contributed by atoms with E-state index in [1.165, 1.54) is 11.9 Å². The van der Waals surface area contributed by atoms with Crippen LogP contribution in [0.1, 0.15) is 29.8 Å². The van der Waals surface area contributed by atoms with Crippen molar-refractivity contribution in [3.63, 3.8) is 0 Å². The van der Waals surface area contributed by atoms with Crippen molar-refractivity contribution in [2.24, 2.45) is 0 Å². The smallest absolute Gasteiger partial charge is 0.239 e. The van der Waals surface area contributed by atoms with Crippen LogP contribution in [0.4, 0.5) is 5.95 Å². The molecule has 0 radical (unpaired) electrons. The summed E-state index contributed by atoms with van der Waals surface area (Å²) in [5.41, 5.74) is 3.66. The lowest BCUT2D eigenvalue weighted by molar-refractivity contribution is 0.101. The van der Waals surface area contributed by atoms with Gasteiger partial charge in [0.2, 0.25) is 5.95 Å². The predicted octanol–water partition coefficient (Wildman–Crippen LogP) is 4.76. The highest BCUT2D eigenvalue weighted by molar-refractivity contribution is 8.01. The van der Waals surface area contributed by atoms with E-state index in [-0.39, 0.29) is 11.4 Å². The molecule has 10 nitrogen and oxygen atoms in total. The zero-order chi connectivity index (χ0) is 26.4. The molecule has 3 heterocycles. The zero-order valence-corrected chi connectivity index (χ0v) is 22.0. The SMILES string of the molecule is COc1cccc(OC)c1-n1c(NS[C@H](C)[C@H](OC)c2ccc(C#N)cn2)nnc1-c1cncc(C)c1. The number of hydrogen-bond acceptors (Lipinski definition) is 10. The van der Waals surface area contributed by atoms with Gasteiger partial charge in [-0.2, -0.15) is 5.26 Å². The molecule has 0 aliphatic rings. The molecule has 0 aliphatic carbocycles. The van der Waals surface area contributed by atoms with Gasteiger partial charge in [0, 0.05) is 31.3 Å². The Morgan fingerprint density at radius 2 is 1.78 bits per heavy atom. The van der Waals surface area contributed by atoms with Gasteiger partial charge < -0.3 is 14.2 Å². The molecule has 190 valence electrons. The molecule has 4 aromatic rings. The first-order valence-electron chi connectivity index (χ1n) is 11.4. The van der Waals surface area contributed by atoms with E-state index in [9.17, 15) is 0 Å². The molecular formula is C26H27N7O3S. The van der Waals surface area contributed by atoms with Crippen LogP contribution in [-0.4, -0.2) is 51.3 Å². The molecule has 3 aromatic heterocycles. The summed E-state index contributed by atoms with van der Waals surface area (Å²) in [4.78, 5) is 8.73. The van der Waals surface area contributed by atoms with E-state index in [1.807, 2.05) is 42.7 Å². The van der Waals surface area contributed by atoms with Crippen molar-refractivity contribution >= 4 is 17.9 Å². The van der Waals surface area contributed by atoms with E-state index >= 15 is 0 Å². The predicted molar refractivity (Wildman–Crippen MR) is 142 cm³/mol. The van der Waals surface area contributed by atoms with Crippen molar-refractivity contribution in [3.8, 4) is 34.6 Å². The Labute approximate surface area is 219 Å². The van der Waals surface area contributed by atoms with Crippen LogP contribution in [0.5, 0.6) is 11.5 Å². The molecule has 1 N–H and O–H groups in total. The highest BCUT2D eigenvalue weighted by Gasteiger charge is 2.25. The number of anilines is 1. The summed E-state index contributed by atoms with van der Waals surface area (Å²) in [6, 6.07) is 13.2. The highest BCUT2D eigenvalue weighted by Crippen LogP contribution is 2.38. The molecule has 2 atom stereocenters. The Kier molecular flexibility index (Phi) is 8.22. The van der Waals surface area contributed by atoms with E-state index in [4.69, 9.17) is 19.5 Å². The summed E-state index contributed by atoms with van der Waals surface area (Å²) in [6.45, 7) is 3.99. The maximum absolute atomic E-state index is 9.07. The van der Waals surface area contributed by atoms with Crippen LogP contribution in [0.3, 0.4) is 0 Å². The fraction of sp³-hybridized carbons (Fsp3) is 0.269. The van der Waals surface area contributed by atoms with Crippen LogP contribution in [-0.2, 0) is 4.74 Å². The number of nitriles is 1. The third-order valence-electron chi connectivity index (χ3n) is 5.64. The maximum atomic E-state index is 9.07. The Morgan fingerprint density at radius 1 is 1.03 bits per heavy atom. The Morgan fingerprint density at radius 3 is 2.38 bits per heavy atom. The number of nitrogens with one attached hydrogen (secondary N) is 1. The number of nitrogens with zero attached hydrogens (tertiary/aromatic N) is 6.